The minimum atomic E-state index is -0.205. The molecule has 1 N–H and O–H groups in total. The van der Waals surface area contributed by atoms with E-state index in [-0.39, 0.29) is 11.9 Å². The van der Waals surface area contributed by atoms with E-state index in [2.05, 4.69) is 20.4 Å². The Morgan fingerprint density at radius 2 is 2.17 bits per heavy atom. The summed E-state index contributed by atoms with van der Waals surface area (Å²) in [5, 5.41) is 10.8. The van der Waals surface area contributed by atoms with Gasteiger partial charge in [-0.25, -0.2) is 0 Å². The molecule has 3 heterocycles. The maximum Gasteiger partial charge on any atom is 0.244 e. The van der Waals surface area contributed by atoms with E-state index >= 15 is 0 Å². The molecule has 7 heteroatoms. The molecule has 1 saturated carbocycles. The standard InChI is InChI=1S/C16H21N5O2/c22-16(18-12-5-6-15-19-17-11-20(15)9-12)14-10-23-8-7-21(14)13-3-1-2-4-13/h5-6,9,11,13-14H,1-4,7-8,10H2,(H,18,22)/t14-/m1/s1. The van der Waals surface area contributed by atoms with Crippen molar-refractivity contribution in [2.75, 3.05) is 25.1 Å². The van der Waals surface area contributed by atoms with Gasteiger partial charge in [-0.2, -0.15) is 0 Å². The average molecular weight is 315 g/mol. The van der Waals surface area contributed by atoms with Crippen molar-refractivity contribution in [3.8, 4) is 0 Å². The fourth-order valence-corrected chi connectivity index (χ4v) is 3.64. The van der Waals surface area contributed by atoms with Crippen LogP contribution in [0, 0.1) is 0 Å². The van der Waals surface area contributed by atoms with Gasteiger partial charge in [0, 0.05) is 18.8 Å². The van der Waals surface area contributed by atoms with E-state index in [1.54, 1.807) is 10.7 Å². The van der Waals surface area contributed by atoms with Gasteiger partial charge in [0.05, 0.1) is 18.9 Å². The number of hydrogen-bond acceptors (Lipinski definition) is 5. The zero-order chi connectivity index (χ0) is 15.6. The molecule has 4 rings (SSSR count). The molecule has 2 fully saturated rings. The number of aromatic nitrogens is 3. The first-order valence-electron chi connectivity index (χ1n) is 8.25. The van der Waals surface area contributed by atoms with Gasteiger partial charge in [0.1, 0.15) is 12.4 Å². The Morgan fingerprint density at radius 3 is 3.04 bits per heavy atom. The third kappa shape index (κ3) is 2.94. The third-order valence-corrected chi connectivity index (χ3v) is 4.82. The van der Waals surface area contributed by atoms with Crippen molar-refractivity contribution < 1.29 is 9.53 Å². The fraction of sp³-hybridized carbons (Fsp3) is 0.562. The van der Waals surface area contributed by atoms with Gasteiger partial charge in [0.15, 0.2) is 5.65 Å². The molecule has 23 heavy (non-hydrogen) atoms. The second-order valence-electron chi connectivity index (χ2n) is 6.27. The minimum absolute atomic E-state index is 0.00373. The number of pyridine rings is 1. The summed E-state index contributed by atoms with van der Waals surface area (Å²) in [6, 6.07) is 4.01. The van der Waals surface area contributed by atoms with Crippen LogP contribution in [0.2, 0.25) is 0 Å². The SMILES string of the molecule is O=C(Nc1ccc2nncn2c1)[C@H]1COCCN1C1CCCC1. The number of ether oxygens (including phenoxy) is 1. The molecule has 1 amide bonds. The lowest BCUT2D eigenvalue weighted by molar-refractivity contribution is -0.129. The van der Waals surface area contributed by atoms with Crippen LogP contribution in [-0.2, 0) is 9.53 Å². The number of amides is 1. The van der Waals surface area contributed by atoms with Crippen molar-refractivity contribution in [1.29, 1.82) is 0 Å². The summed E-state index contributed by atoms with van der Waals surface area (Å²) in [5.41, 5.74) is 1.51. The van der Waals surface area contributed by atoms with Crippen LogP contribution in [0.25, 0.3) is 5.65 Å². The summed E-state index contributed by atoms with van der Waals surface area (Å²) in [5.74, 6) is 0.00373. The van der Waals surface area contributed by atoms with Gasteiger partial charge in [0.2, 0.25) is 5.91 Å². The molecule has 2 aromatic rings. The van der Waals surface area contributed by atoms with E-state index in [1.165, 1.54) is 25.7 Å². The van der Waals surface area contributed by atoms with E-state index in [9.17, 15) is 4.79 Å². The highest BCUT2D eigenvalue weighted by molar-refractivity contribution is 5.95. The Balaban J connectivity index is 1.49. The highest BCUT2D eigenvalue weighted by Gasteiger charge is 2.35. The van der Waals surface area contributed by atoms with Gasteiger partial charge < -0.3 is 10.1 Å². The largest absolute Gasteiger partial charge is 0.378 e. The Hall–Kier alpha value is -1.99. The molecule has 122 valence electrons. The molecule has 2 aromatic heterocycles. The molecule has 0 spiro atoms. The van der Waals surface area contributed by atoms with Crippen LogP contribution in [0.1, 0.15) is 25.7 Å². The molecular weight excluding hydrogens is 294 g/mol. The molecule has 1 saturated heterocycles. The van der Waals surface area contributed by atoms with Gasteiger partial charge in [-0.15, -0.1) is 10.2 Å². The number of rotatable bonds is 3. The summed E-state index contributed by atoms with van der Waals surface area (Å²) < 4.78 is 7.35. The van der Waals surface area contributed by atoms with Gasteiger partial charge in [-0.1, -0.05) is 12.8 Å². The Morgan fingerprint density at radius 1 is 1.30 bits per heavy atom. The van der Waals surface area contributed by atoms with E-state index < -0.39 is 0 Å². The lowest BCUT2D eigenvalue weighted by Crippen LogP contribution is -2.55. The van der Waals surface area contributed by atoms with Crippen molar-refractivity contribution in [3.63, 3.8) is 0 Å². The van der Waals surface area contributed by atoms with Crippen LogP contribution in [0.5, 0.6) is 0 Å². The smallest absolute Gasteiger partial charge is 0.244 e. The number of fused-ring (bicyclic) bond motifs is 1. The normalized spacial score (nSPS) is 23.4. The number of carbonyl (C=O) groups excluding carboxylic acids is 1. The molecule has 0 bridgehead atoms. The first kappa shape index (κ1) is 14.6. The van der Waals surface area contributed by atoms with Crippen LogP contribution in [0.4, 0.5) is 5.69 Å². The zero-order valence-electron chi connectivity index (χ0n) is 13.0. The maximum atomic E-state index is 12.7. The number of nitrogens with one attached hydrogen (secondary N) is 1. The second-order valence-corrected chi connectivity index (χ2v) is 6.27. The Bertz CT molecular complexity index is 695. The summed E-state index contributed by atoms with van der Waals surface area (Å²) in [4.78, 5) is 15.1. The average Bonchev–Trinajstić information content (AvgIpc) is 3.26. The van der Waals surface area contributed by atoms with Crippen LogP contribution in [-0.4, -0.2) is 57.2 Å². The van der Waals surface area contributed by atoms with Crippen molar-refractivity contribution in [1.82, 2.24) is 19.5 Å². The van der Waals surface area contributed by atoms with Crippen LogP contribution < -0.4 is 5.32 Å². The highest BCUT2D eigenvalue weighted by atomic mass is 16.5. The quantitative estimate of drug-likeness (QED) is 0.924. The fourth-order valence-electron chi connectivity index (χ4n) is 3.64. The number of nitrogens with zero attached hydrogens (tertiary/aromatic N) is 4. The molecule has 0 radical (unpaired) electrons. The zero-order valence-corrected chi connectivity index (χ0v) is 13.0. The van der Waals surface area contributed by atoms with Gasteiger partial charge in [0.25, 0.3) is 0 Å². The van der Waals surface area contributed by atoms with E-state index in [1.807, 2.05) is 18.3 Å². The summed E-state index contributed by atoms with van der Waals surface area (Å²) in [7, 11) is 0. The predicted molar refractivity (Wildman–Crippen MR) is 85.2 cm³/mol. The van der Waals surface area contributed by atoms with Crippen molar-refractivity contribution in [2.45, 2.75) is 37.8 Å². The number of anilines is 1. The summed E-state index contributed by atoms with van der Waals surface area (Å²) in [6.07, 6.45) is 8.37. The Labute approximate surface area is 134 Å². The monoisotopic (exact) mass is 315 g/mol. The maximum absolute atomic E-state index is 12.7. The van der Waals surface area contributed by atoms with Crippen molar-refractivity contribution in [2.24, 2.45) is 0 Å². The molecule has 1 aliphatic carbocycles. The minimum Gasteiger partial charge on any atom is -0.378 e. The van der Waals surface area contributed by atoms with E-state index in [4.69, 9.17) is 4.74 Å². The van der Waals surface area contributed by atoms with Crippen molar-refractivity contribution in [3.05, 3.63) is 24.7 Å². The molecule has 1 atom stereocenters. The molecular formula is C16H21N5O2. The van der Waals surface area contributed by atoms with Gasteiger partial charge in [-0.05, 0) is 25.0 Å². The van der Waals surface area contributed by atoms with Gasteiger partial charge in [-0.3, -0.25) is 14.1 Å². The van der Waals surface area contributed by atoms with Gasteiger partial charge >= 0.3 is 0 Å². The molecule has 1 aliphatic heterocycles. The van der Waals surface area contributed by atoms with Crippen LogP contribution in [0.15, 0.2) is 24.7 Å². The third-order valence-electron chi connectivity index (χ3n) is 4.82. The first-order chi connectivity index (χ1) is 11.3. The molecule has 0 aromatic carbocycles. The highest BCUT2D eigenvalue weighted by Crippen LogP contribution is 2.27. The number of morpholine rings is 1. The lowest BCUT2D eigenvalue weighted by Gasteiger charge is -2.38. The lowest BCUT2D eigenvalue weighted by atomic mass is 10.1. The molecule has 2 aliphatic rings. The first-order valence-corrected chi connectivity index (χ1v) is 8.25. The predicted octanol–water partition coefficient (Wildman–Crippen LogP) is 1.31. The van der Waals surface area contributed by atoms with E-state index in [0.717, 1.165) is 17.9 Å². The molecule has 0 unspecified atom stereocenters. The van der Waals surface area contributed by atoms with Crippen LogP contribution >= 0.6 is 0 Å². The van der Waals surface area contributed by atoms with Crippen LogP contribution in [0.3, 0.4) is 0 Å². The van der Waals surface area contributed by atoms with E-state index in [0.29, 0.717) is 19.3 Å². The van der Waals surface area contributed by atoms with Crippen molar-refractivity contribution >= 4 is 17.2 Å². The molecule has 7 nitrogen and oxygen atoms in total. The number of hydrogen-bond donors (Lipinski definition) is 1. The topological polar surface area (TPSA) is 71.8 Å². The summed E-state index contributed by atoms with van der Waals surface area (Å²) in [6.45, 7) is 2.03. The number of carbonyl (C=O) groups is 1. The Kier molecular flexibility index (Phi) is 3.97. The summed E-state index contributed by atoms with van der Waals surface area (Å²) >= 11 is 0. The second kappa shape index (κ2) is 6.25.